The van der Waals surface area contributed by atoms with Gasteiger partial charge < -0.3 is 20.3 Å². The Labute approximate surface area is 143 Å². The SMILES string of the molecule is CCOc1ccc(CN(C)C(=O)C[NH+]2CCC[C@@H](C(N)=O)C2)cc1. The second kappa shape index (κ2) is 8.68. The van der Waals surface area contributed by atoms with Crippen LogP contribution >= 0.6 is 0 Å². The highest BCUT2D eigenvalue weighted by Crippen LogP contribution is 2.13. The number of likely N-dealkylation sites (N-methyl/N-ethyl adjacent to an activating group) is 1. The molecule has 132 valence electrons. The summed E-state index contributed by atoms with van der Waals surface area (Å²) >= 11 is 0. The number of hydrogen-bond donors (Lipinski definition) is 2. The van der Waals surface area contributed by atoms with Crippen LogP contribution in [0.3, 0.4) is 0 Å². The van der Waals surface area contributed by atoms with E-state index >= 15 is 0 Å². The molecule has 0 spiro atoms. The Hall–Kier alpha value is -2.08. The molecule has 1 aliphatic heterocycles. The van der Waals surface area contributed by atoms with Crippen molar-refractivity contribution < 1.29 is 19.2 Å². The Kier molecular flexibility index (Phi) is 6.61. The summed E-state index contributed by atoms with van der Waals surface area (Å²) in [5.41, 5.74) is 6.47. The van der Waals surface area contributed by atoms with Crippen molar-refractivity contribution in [1.29, 1.82) is 0 Å². The number of piperidine rings is 1. The van der Waals surface area contributed by atoms with Gasteiger partial charge in [-0.25, -0.2) is 0 Å². The molecule has 0 aliphatic carbocycles. The Bertz CT molecular complexity index is 559. The highest BCUT2D eigenvalue weighted by Gasteiger charge is 2.29. The summed E-state index contributed by atoms with van der Waals surface area (Å²) in [6.07, 6.45) is 1.79. The number of primary amides is 1. The van der Waals surface area contributed by atoms with Crippen LogP contribution < -0.4 is 15.4 Å². The number of amides is 2. The Balaban J connectivity index is 1.84. The molecule has 1 heterocycles. The number of hydrogen-bond acceptors (Lipinski definition) is 3. The summed E-state index contributed by atoms with van der Waals surface area (Å²) in [6.45, 7) is 5.16. The van der Waals surface area contributed by atoms with Gasteiger partial charge in [0.15, 0.2) is 6.54 Å². The number of nitrogens with zero attached hydrogens (tertiary/aromatic N) is 1. The molecule has 2 atom stereocenters. The van der Waals surface area contributed by atoms with E-state index in [1.54, 1.807) is 4.90 Å². The predicted octanol–water partition coefficient (Wildman–Crippen LogP) is -0.176. The fraction of sp³-hybridized carbons (Fsp3) is 0.556. The standard InChI is InChI=1S/C18H27N3O3/c1-3-24-16-8-6-14(7-9-16)11-20(2)17(22)13-21-10-4-5-15(12-21)18(19)23/h6-9,15H,3-5,10-13H2,1-2H3,(H2,19,23)/p+1/t15-/m1/s1. The van der Waals surface area contributed by atoms with Crippen molar-refractivity contribution in [2.75, 3.05) is 33.3 Å². The van der Waals surface area contributed by atoms with Gasteiger partial charge in [0.1, 0.15) is 5.75 Å². The lowest BCUT2D eigenvalue weighted by Gasteiger charge is -2.29. The summed E-state index contributed by atoms with van der Waals surface area (Å²) in [5.74, 6) is 0.579. The van der Waals surface area contributed by atoms with E-state index in [0.717, 1.165) is 35.6 Å². The van der Waals surface area contributed by atoms with Crippen LogP contribution in [-0.4, -0.2) is 50.0 Å². The zero-order valence-corrected chi connectivity index (χ0v) is 14.6. The van der Waals surface area contributed by atoms with E-state index in [1.165, 1.54) is 0 Å². The van der Waals surface area contributed by atoms with Crippen LogP contribution in [0.25, 0.3) is 0 Å². The number of ether oxygens (including phenoxy) is 1. The molecule has 0 aromatic heterocycles. The second-order valence-electron chi connectivity index (χ2n) is 6.45. The maximum Gasteiger partial charge on any atom is 0.277 e. The third kappa shape index (κ3) is 5.23. The van der Waals surface area contributed by atoms with Crippen molar-refractivity contribution >= 4 is 11.8 Å². The van der Waals surface area contributed by atoms with Gasteiger partial charge in [0, 0.05) is 13.6 Å². The number of likely N-dealkylation sites (tertiary alicyclic amines) is 1. The summed E-state index contributed by atoms with van der Waals surface area (Å²) in [4.78, 5) is 26.6. The summed E-state index contributed by atoms with van der Waals surface area (Å²) in [7, 11) is 1.81. The highest BCUT2D eigenvalue weighted by atomic mass is 16.5. The van der Waals surface area contributed by atoms with Crippen LogP contribution in [0.4, 0.5) is 0 Å². The third-order valence-electron chi connectivity index (χ3n) is 4.50. The molecule has 6 heteroatoms. The summed E-state index contributed by atoms with van der Waals surface area (Å²) in [5, 5.41) is 0. The van der Waals surface area contributed by atoms with Gasteiger partial charge in [-0.1, -0.05) is 12.1 Å². The first kappa shape index (κ1) is 18.3. The lowest BCUT2D eigenvalue weighted by Crippen LogP contribution is -3.14. The molecule has 24 heavy (non-hydrogen) atoms. The van der Waals surface area contributed by atoms with Crippen LogP contribution in [0.2, 0.25) is 0 Å². The Morgan fingerprint density at radius 2 is 2.04 bits per heavy atom. The lowest BCUT2D eigenvalue weighted by molar-refractivity contribution is -0.899. The van der Waals surface area contributed by atoms with Crippen LogP contribution in [0.15, 0.2) is 24.3 Å². The van der Waals surface area contributed by atoms with Gasteiger partial charge in [-0.15, -0.1) is 0 Å². The molecule has 6 nitrogen and oxygen atoms in total. The van der Waals surface area contributed by atoms with E-state index in [2.05, 4.69) is 0 Å². The molecule has 1 saturated heterocycles. The average molecular weight is 334 g/mol. The first-order valence-corrected chi connectivity index (χ1v) is 8.58. The lowest BCUT2D eigenvalue weighted by atomic mass is 9.97. The fourth-order valence-corrected chi connectivity index (χ4v) is 3.12. The van der Waals surface area contributed by atoms with Crippen LogP contribution in [0.1, 0.15) is 25.3 Å². The molecule has 1 unspecified atom stereocenters. The predicted molar refractivity (Wildman–Crippen MR) is 91.6 cm³/mol. The van der Waals surface area contributed by atoms with Gasteiger partial charge in [0.2, 0.25) is 5.91 Å². The van der Waals surface area contributed by atoms with Gasteiger partial charge in [0.25, 0.3) is 5.91 Å². The van der Waals surface area contributed by atoms with Crippen molar-refractivity contribution in [3.05, 3.63) is 29.8 Å². The third-order valence-corrected chi connectivity index (χ3v) is 4.50. The van der Waals surface area contributed by atoms with Crippen molar-refractivity contribution in [2.24, 2.45) is 11.7 Å². The molecule has 0 saturated carbocycles. The van der Waals surface area contributed by atoms with Gasteiger partial charge in [-0.3, -0.25) is 9.59 Å². The van der Waals surface area contributed by atoms with E-state index in [0.29, 0.717) is 26.2 Å². The van der Waals surface area contributed by atoms with E-state index in [1.807, 2.05) is 38.2 Å². The van der Waals surface area contributed by atoms with Crippen LogP contribution in [0.5, 0.6) is 5.75 Å². The number of carbonyl (C=O) groups is 2. The maximum absolute atomic E-state index is 12.4. The largest absolute Gasteiger partial charge is 0.494 e. The second-order valence-corrected chi connectivity index (χ2v) is 6.45. The maximum atomic E-state index is 12.4. The molecule has 1 fully saturated rings. The molecule has 1 aliphatic rings. The van der Waals surface area contributed by atoms with Gasteiger partial charge >= 0.3 is 0 Å². The number of carbonyl (C=O) groups excluding carboxylic acids is 2. The minimum Gasteiger partial charge on any atom is -0.494 e. The number of rotatable bonds is 7. The Morgan fingerprint density at radius 3 is 2.67 bits per heavy atom. The molecule has 2 rings (SSSR count). The molecule has 2 amide bonds. The molecule has 3 N–H and O–H groups in total. The number of quaternary nitrogens is 1. The average Bonchev–Trinajstić information content (AvgIpc) is 2.57. The smallest absolute Gasteiger partial charge is 0.277 e. The van der Waals surface area contributed by atoms with Crippen LogP contribution in [0, 0.1) is 5.92 Å². The summed E-state index contributed by atoms with van der Waals surface area (Å²) < 4.78 is 5.42. The van der Waals surface area contributed by atoms with Crippen molar-refractivity contribution in [1.82, 2.24) is 4.90 Å². The zero-order chi connectivity index (χ0) is 17.5. The molecular weight excluding hydrogens is 306 g/mol. The zero-order valence-electron chi connectivity index (χ0n) is 14.6. The van der Waals surface area contributed by atoms with Crippen molar-refractivity contribution in [3.8, 4) is 5.75 Å². The first-order chi connectivity index (χ1) is 11.5. The quantitative estimate of drug-likeness (QED) is 0.726. The van der Waals surface area contributed by atoms with Gasteiger partial charge in [0.05, 0.1) is 25.6 Å². The molecule has 1 aromatic carbocycles. The van der Waals surface area contributed by atoms with Gasteiger partial charge in [-0.05, 0) is 37.5 Å². The molecular formula is C18H28N3O3+. The number of benzene rings is 1. The first-order valence-electron chi connectivity index (χ1n) is 8.58. The van der Waals surface area contributed by atoms with E-state index in [9.17, 15) is 9.59 Å². The van der Waals surface area contributed by atoms with E-state index in [-0.39, 0.29) is 17.7 Å². The highest BCUT2D eigenvalue weighted by molar-refractivity contribution is 5.77. The Morgan fingerprint density at radius 1 is 1.33 bits per heavy atom. The van der Waals surface area contributed by atoms with E-state index in [4.69, 9.17) is 10.5 Å². The monoisotopic (exact) mass is 334 g/mol. The van der Waals surface area contributed by atoms with E-state index < -0.39 is 0 Å². The molecule has 1 aromatic rings. The van der Waals surface area contributed by atoms with Gasteiger partial charge in [-0.2, -0.15) is 0 Å². The minimum absolute atomic E-state index is 0.0870. The fourth-order valence-electron chi connectivity index (χ4n) is 3.12. The normalized spacial score (nSPS) is 20.4. The van der Waals surface area contributed by atoms with Crippen molar-refractivity contribution in [2.45, 2.75) is 26.3 Å². The van der Waals surface area contributed by atoms with Crippen LogP contribution in [-0.2, 0) is 16.1 Å². The minimum atomic E-state index is -0.248. The molecule has 0 bridgehead atoms. The van der Waals surface area contributed by atoms with Crippen molar-refractivity contribution in [3.63, 3.8) is 0 Å². The topological polar surface area (TPSA) is 77.1 Å². The summed E-state index contributed by atoms with van der Waals surface area (Å²) in [6, 6.07) is 7.80. The number of nitrogens with two attached hydrogens (primary N) is 1. The number of nitrogens with one attached hydrogen (secondary N) is 1. The molecule has 0 radical (unpaired) electrons.